The molecule has 2 saturated heterocycles. The topological polar surface area (TPSA) is 55.4 Å². The first-order valence-electron chi connectivity index (χ1n) is 8.37. The predicted molar refractivity (Wildman–Crippen MR) is 85.1 cm³/mol. The third-order valence-corrected chi connectivity index (χ3v) is 4.92. The molecule has 24 heavy (non-hydrogen) atoms. The summed E-state index contributed by atoms with van der Waals surface area (Å²) in [4.78, 5) is 0. The van der Waals surface area contributed by atoms with E-state index in [2.05, 4.69) is 0 Å². The molecule has 2 fully saturated rings. The summed E-state index contributed by atoms with van der Waals surface area (Å²) >= 11 is 0. The Morgan fingerprint density at radius 2 is 1.71 bits per heavy atom. The van der Waals surface area contributed by atoms with Crippen molar-refractivity contribution in [3.8, 4) is 11.5 Å². The van der Waals surface area contributed by atoms with Crippen LogP contribution in [0.25, 0.3) is 0 Å². The van der Waals surface area contributed by atoms with Gasteiger partial charge in [0.1, 0.15) is 12.2 Å². The van der Waals surface area contributed by atoms with Crippen LogP contribution in [-0.4, -0.2) is 44.6 Å². The maximum absolute atomic E-state index is 6.19. The average Bonchev–Trinajstić information content (AvgIpc) is 2.99. The molecule has 3 aliphatic heterocycles. The minimum atomic E-state index is -0.624. The number of hydrogen-bond acceptors (Lipinski definition) is 6. The van der Waals surface area contributed by atoms with Crippen LogP contribution in [0, 0.1) is 0 Å². The highest BCUT2D eigenvalue weighted by Crippen LogP contribution is 2.42. The Kier molecular flexibility index (Phi) is 3.95. The van der Waals surface area contributed by atoms with Crippen molar-refractivity contribution in [1.29, 1.82) is 0 Å². The molecule has 3 heterocycles. The van der Waals surface area contributed by atoms with Crippen LogP contribution in [0.2, 0.25) is 0 Å². The van der Waals surface area contributed by atoms with Gasteiger partial charge in [0.15, 0.2) is 23.6 Å². The molecule has 3 aliphatic rings. The van der Waals surface area contributed by atoms with Gasteiger partial charge in [-0.1, -0.05) is 0 Å². The summed E-state index contributed by atoms with van der Waals surface area (Å²) in [6.45, 7) is 4.30. The SMILES string of the molecule is COc1cc2c(cc1OC)CO[C@H]1[C@H]3OC(C)(C)O[C@H]3O[C@@H]1CC2. The number of benzene rings is 1. The molecule has 4 rings (SSSR count). The third-order valence-electron chi connectivity index (χ3n) is 4.92. The fourth-order valence-corrected chi connectivity index (χ4v) is 3.79. The van der Waals surface area contributed by atoms with E-state index >= 15 is 0 Å². The first-order chi connectivity index (χ1) is 11.5. The molecule has 0 saturated carbocycles. The lowest BCUT2D eigenvalue weighted by Crippen LogP contribution is -2.37. The molecule has 4 atom stereocenters. The Balaban J connectivity index is 1.58. The molecular weight excluding hydrogens is 312 g/mol. The summed E-state index contributed by atoms with van der Waals surface area (Å²) in [5, 5.41) is 0. The smallest absolute Gasteiger partial charge is 0.190 e. The Labute approximate surface area is 141 Å². The van der Waals surface area contributed by atoms with E-state index in [1.165, 1.54) is 5.56 Å². The quantitative estimate of drug-likeness (QED) is 0.827. The summed E-state index contributed by atoms with van der Waals surface area (Å²) in [6.07, 6.45) is 1.10. The van der Waals surface area contributed by atoms with Crippen LogP contribution in [0.4, 0.5) is 0 Å². The fourth-order valence-electron chi connectivity index (χ4n) is 3.79. The summed E-state index contributed by atoms with van der Waals surface area (Å²) in [5.41, 5.74) is 2.32. The van der Waals surface area contributed by atoms with Gasteiger partial charge in [0, 0.05) is 0 Å². The van der Waals surface area contributed by atoms with Crippen LogP contribution in [0.5, 0.6) is 11.5 Å². The Bertz CT molecular complexity index is 628. The molecule has 0 amide bonds. The van der Waals surface area contributed by atoms with Crippen LogP contribution < -0.4 is 9.47 Å². The number of ether oxygens (including phenoxy) is 6. The van der Waals surface area contributed by atoms with Crippen LogP contribution in [0.15, 0.2) is 12.1 Å². The molecule has 0 unspecified atom stereocenters. The van der Waals surface area contributed by atoms with E-state index in [-0.39, 0.29) is 24.6 Å². The zero-order valence-electron chi connectivity index (χ0n) is 14.5. The molecule has 132 valence electrons. The number of methoxy groups -OCH3 is 2. The molecule has 0 aliphatic carbocycles. The maximum Gasteiger partial charge on any atom is 0.190 e. The van der Waals surface area contributed by atoms with Gasteiger partial charge < -0.3 is 28.4 Å². The van der Waals surface area contributed by atoms with Gasteiger partial charge in [-0.3, -0.25) is 0 Å². The molecule has 0 N–H and O–H groups in total. The van der Waals surface area contributed by atoms with Crippen molar-refractivity contribution >= 4 is 0 Å². The predicted octanol–water partition coefficient (Wildman–Crippen LogP) is 2.41. The number of fused-ring (bicyclic) bond motifs is 4. The van der Waals surface area contributed by atoms with Crippen molar-refractivity contribution < 1.29 is 28.4 Å². The number of aryl methyl sites for hydroxylation is 1. The maximum atomic E-state index is 6.19. The molecule has 6 nitrogen and oxygen atoms in total. The first kappa shape index (κ1) is 16.1. The van der Waals surface area contributed by atoms with Crippen molar-refractivity contribution in [2.45, 2.75) is 63.7 Å². The second kappa shape index (κ2) is 5.88. The molecule has 1 aromatic rings. The second-order valence-corrected chi connectivity index (χ2v) is 6.93. The Hall–Kier alpha value is -1.34. The minimum absolute atomic E-state index is 0.0163. The van der Waals surface area contributed by atoms with E-state index < -0.39 is 5.79 Å². The molecule has 0 spiro atoms. The summed E-state index contributed by atoms with van der Waals surface area (Å²) < 4.78 is 34.9. The van der Waals surface area contributed by atoms with Crippen LogP contribution in [0.3, 0.4) is 0 Å². The Morgan fingerprint density at radius 3 is 2.42 bits per heavy atom. The van der Waals surface area contributed by atoms with Crippen molar-refractivity contribution in [3.05, 3.63) is 23.3 Å². The lowest BCUT2D eigenvalue weighted by molar-refractivity contribution is -0.220. The highest BCUT2D eigenvalue weighted by Gasteiger charge is 2.55. The van der Waals surface area contributed by atoms with E-state index in [0.29, 0.717) is 6.61 Å². The van der Waals surface area contributed by atoms with E-state index in [9.17, 15) is 0 Å². The summed E-state index contributed by atoms with van der Waals surface area (Å²) in [5.74, 6) is 0.839. The van der Waals surface area contributed by atoms with Gasteiger partial charge in [0.25, 0.3) is 0 Å². The molecular formula is C18H24O6. The lowest BCUT2D eigenvalue weighted by Gasteiger charge is -2.28. The molecule has 0 radical (unpaired) electrons. The molecule has 1 aromatic carbocycles. The zero-order valence-corrected chi connectivity index (χ0v) is 14.5. The molecule has 6 heteroatoms. The number of hydrogen-bond donors (Lipinski definition) is 0. The highest BCUT2D eigenvalue weighted by molar-refractivity contribution is 5.47. The summed E-state index contributed by atoms with van der Waals surface area (Å²) in [7, 11) is 3.29. The van der Waals surface area contributed by atoms with Crippen molar-refractivity contribution in [1.82, 2.24) is 0 Å². The molecule has 0 bridgehead atoms. The van der Waals surface area contributed by atoms with E-state index in [1.807, 2.05) is 26.0 Å². The van der Waals surface area contributed by atoms with Crippen LogP contribution >= 0.6 is 0 Å². The van der Waals surface area contributed by atoms with Gasteiger partial charge in [-0.2, -0.15) is 0 Å². The van der Waals surface area contributed by atoms with Crippen LogP contribution in [0.1, 0.15) is 31.4 Å². The minimum Gasteiger partial charge on any atom is -0.493 e. The van der Waals surface area contributed by atoms with Gasteiger partial charge >= 0.3 is 0 Å². The molecule has 0 aromatic heterocycles. The van der Waals surface area contributed by atoms with Gasteiger partial charge in [0.2, 0.25) is 0 Å². The van der Waals surface area contributed by atoms with E-state index in [4.69, 9.17) is 28.4 Å². The Morgan fingerprint density at radius 1 is 1.00 bits per heavy atom. The second-order valence-electron chi connectivity index (χ2n) is 6.93. The fraction of sp³-hybridized carbons (Fsp3) is 0.667. The van der Waals surface area contributed by atoms with Crippen molar-refractivity contribution in [3.63, 3.8) is 0 Å². The van der Waals surface area contributed by atoms with Gasteiger partial charge in [0.05, 0.1) is 26.9 Å². The summed E-state index contributed by atoms with van der Waals surface area (Å²) in [6, 6.07) is 4.03. The van der Waals surface area contributed by atoms with E-state index in [0.717, 1.165) is 29.9 Å². The largest absolute Gasteiger partial charge is 0.493 e. The van der Waals surface area contributed by atoms with Crippen LogP contribution in [-0.2, 0) is 32.0 Å². The third kappa shape index (κ3) is 2.67. The van der Waals surface area contributed by atoms with Crippen molar-refractivity contribution in [2.24, 2.45) is 0 Å². The van der Waals surface area contributed by atoms with Crippen molar-refractivity contribution in [2.75, 3.05) is 14.2 Å². The van der Waals surface area contributed by atoms with E-state index in [1.54, 1.807) is 14.2 Å². The van der Waals surface area contributed by atoms with Gasteiger partial charge in [-0.05, 0) is 49.9 Å². The monoisotopic (exact) mass is 336 g/mol. The highest BCUT2D eigenvalue weighted by atomic mass is 16.8. The normalized spacial score (nSPS) is 33.8. The van der Waals surface area contributed by atoms with Gasteiger partial charge in [-0.25, -0.2) is 0 Å². The zero-order chi connectivity index (χ0) is 16.9. The number of rotatable bonds is 2. The van der Waals surface area contributed by atoms with Gasteiger partial charge in [-0.15, -0.1) is 0 Å². The average molecular weight is 336 g/mol. The first-order valence-corrected chi connectivity index (χ1v) is 8.37. The lowest BCUT2D eigenvalue weighted by atomic mass is 9.96. The standard InChI is InChI=1S/C18H24O6/c1-18(2)23-16-15-12(22-17(16)24-18)6-5-10-7-13(19-3)14(20-4)8-11(10)9-21-15/h7-8,12,15-17H,5-6,9H2,1-4H3/t12-,15-,16-,17-/m1/s1.